The molecule has 0 aliphatic carbocycles. The van der Waals surface area contributed by atoms with Crippen LogP contribution in [0.3, 0.4) is 0 Å². The molecule has 0 aromatic heterocycles. The maximum Gasteiger partial charge on any atom is 0.254 e. The lowest BCUT2D eigenvalue weighted by molar-refractivity contribution is 0.0781. The Morgan fingerprint density at radius 1 is 1.15 bits per heavy atom. The van der Waals surface area contributed by atoms with E-state index in [9.17, 15) is 4.79 Å². The van der Waals surface area contributed by atoms with Crippen LogP contribution in [0.5, 0.6) is 11.5 Å². The Bertz CT molecular complexity index is 525. The lowest BCUT2D eigenvalue weighted by Crippen LogP contribution is -2.31. The monoisotopic (exact) mass is 296 g/mol. The van der Waals surface area contributed by atoms with E-state index in [1.165, 1.54) is 0 Å². The molecule has 1 aromatic carbocycles. The third-order valence-electron chi connectivity index (χ3n) is 4.30. The predicted molar refractivity (Wildman–Crippen MR) is 75.6 cm³/mol. The number of halogens is 1. The molecule has 3 heterocycles. The van der Waals surface area contributed by atoms with E-state index in [2.05, 4.69) is 5.32 Å². The number of hydrogen-bond acceptors (Lipinski definition) is 4. The summed E-state index contributed by atoms with van der Waals surface area (Å²) in [5.74, 6) is 2.74. The molecule has 20 heavy (non-hydrogen) atoms. The summed E-state index contributed by atoms with van der Waals surface area (Å²) < 4.78 is 10.6. The van der Waals surface area contributed by atoms with Crippen LogP contribution in [0.25, 0.3) is 0 Å². The van der Waals surface area contributed by atoms with Gasteiger partial charge < -0.3 is 19.7 Å². The highest BCUT2D eigenvalue weighted by atomic mass is 35.5. The largest absolute Gasteiger partial charge is 0.454 e. The molecular weight excluding hydrogens is 280 g/mol. The average Bonchev–Trinajstić information content (AvgIpc) is 3.11. The van der Waals surface area contributed by atoms with E-state index >= 15 is 0 Å². The van der Waals surface area contributed by atoms with Crippen molar-refractivity contribution in [1.29, 1.82) is 0 Å². The van der Waals surface area contributed by atoms with E-state index < -0.39 is 0 Å². The second kappa shape index (κ2) is 5.14. The SMILES string of the molecule is Cl.O=C(c1ccc2c(c1)OCO2)N1C[C@H]2CNC[C@H]2C1. The van der Waals surface area contributed by atoms with E-state index in [1.54, 1.807) is 6.07 Å². The number of carbonyl (C=O) groups is 1. The molecule has 5 nitrogen and oxygen atoms in total. The van der Waals surface area contributed by atoms with Crippen LogP contribution in [0.4, 0.5) is 0 Å². The van der Waals surface area contributed by atoms with Crippen LogP contribution in [0.1, 0.15) is 10.4 Å². The molecular formula is C14H17ClN2O3. The number of nitrogens with one attached hydrogen (secondary N) is 1. The van der Waals surface area contributed by atoms with E-state index in [1.807, 2.05) is 17.0 Å². The molecule has 0 spiro atoms. The molecule has 0 bridgehead atoms. The smallest absolute Gasteiger partial charge is 0.254 e. The third kappa shape index (κ3) is 2.11. The second-order valence-electron chi connectivity index (χ2n) is 5.46. The van der Waals surface area contributed by atoms with Crippen LogP contribution in [-0.2, 0) is 0 Å². The van der Waals surface area contributed by atoms with Crippen LogP contribution < -0.4 is 14.8 Å². The number of rotatable bonds is 1. The van der Waals surface area contributed by atoms with Gasteiger partial charge in [0.25, 0.3) is 5.91 Å². The van der Waals surface area contributed by atoms with Gasteiger partial charge in [0.2, 0.25) is 6.79 Å². The zero-order valence-electron chi connectivity index (χ0n) is 11.0. The first kappa shape index (κ1) is 13.5. The number of amides is 1. The normalized spacial score (nSPS) is 26.3. The molecule has 3 aliphatic heterocycles. The van der Waals surface area contributed by atoms with Crippen molar-refractivity contribution in [2.75, 3.05) is 33.0 Å². The highest BCUT2D eigenvalue weighted by Gasteiger charge is 2.38. The van der Waals surface area contributed by atoms with Crippen molar-refractivity contribution in [2.45, 2.75) is 0 Å². The number of carbonyl (C=O) groups excluding carboxylic acids is 1. The fraction of sp³-hybridized carbons (Fsp3) is 0.500. The summed E-state index contributed by atoms with van der Waals surface area (Å²) in [5.41, 5.74) is 0.692. The molecule has 108 valence electrons. The Kier molecular flexibility index (Phi) is 3.48. The van der Waals surface area contributed by atoms with Gasteiger partial charge >= 0.3 is 0 Å². The molecule has 2 fully saturated rings. The van der Waals surface area contributed by atoms with Gasteiger partial charge in [0, 0.05) is 31.7 Å². The van der Waals surface area contributed by atoms with Crippen LogP contribution >= 0.6 is 12.4 Å². The Labute approximate surface area is 123 Å². The molecule has 4 rings (SSSR count). The van der Waals surface area contributed by atoms with Crippen molar-refractivity contribution in [3.63, 3.8) is 0 Å². The van der Waals surface area contributed by atoms with E-state index in [0.29, 0.717) is 23.1 Å². The fourth-order valence-electron chi connectivity index (χ4n) is 3.23. The first-order valence-corrected chi connectivity index (χ1v) is 6.71. The molecule has 2 atom stereocenters. The lowest BCUT2D eigenvalue weighted by atomic mass is 10.0. The average molecular weight is 297 g/mol. The number of benzene rings is 1. The molecule has 6 heteroatoms. The summed E-state index contributed by atoms with van der Waals surface area (Å²) in [5, 5.41) is 3.38. The van der Waals surface area contributed by atoms with Gasteiger partial charge in [-0.05, 0) is 30.0 Å². The number of likely N-dealkylation sites (tertiary alicyclic amines) is 1. The second-order valence-corrected chi connectivity index (χ2v) is 5.46. The van der Waals surface area contributed by atoms with Crippen molar-refractivity contribution in [1.82, 2.24) is 10.2 Å². The maximum absolute atomic E-state index is 12.5. The Morgan fingerprint density at radius 3 is 2.60 bits per heavy atom. The number of fused-ring (bicyclic) bond motifs is 2. The molecule has 1 aromatic rings. The van der Waals surface area contributed by atoms with Gasteiger partial charge in [0.15, 0.2) is 11.5 Å². The van der Waals surface area contributed by atoms with Gasteiger partial charge in [-0.3, -0.25) is 4.79 Å². The minimum atomic E-state index is 0. The lowest BCUT2D eigenvalue weighted by Gasteiger charge is -2.17. The van der Waals surface area contributed by atoms with Crippen LogP contribution in [0.15, 0.2) is 18.2 Å². The van der Waals surface area contributed by atoms with Gasteiger partial charge in [-0.2, -0.15) is 0 Å². The topological polar surface area (TPSA) is 50.8 Å². The van der Waals surface area contributed by atoms with Gasteiger partial charge in [0.05, 0.1) is 0 Å². The highest BCUT2D eigenvalue weighted by Crippen LogP contribution is 2.34. The van der Waals surface area contributed by atoms with Crippen molar-refractivity contribution in [3.05, 3.63) is 23.8 Å². The summed E-state index contributed by atoms with van der Waals surface area (Å²) in [4.78, 5) is 14.5. The van der Waals surface area contributed by atoms with Crippen LogP contribution in [-0.4, -0.2) is 43.8 Å². The van der Waals surface area contributed by atoms with Gasteiger partial charge in [-0.25, -0.2) is 0 Å². The Hall–Kier alpha value is -1.46. The third-order valence-corrected chi connectivity index (χ3v) is 4.30. The van der Waals surface area contributed by atoms with E-state index in [0.717, 1.165) is 31.9 Å². The van der Waals surface area contributed by atoms with Crippen molar-refractivity contribution in [3.8, 4) is 11.5 Å². The van der Waals surface area contributed by atoms with Gasteiger partial charge in [0.1, 0.15) is 0 Å². The van der Waals surface area contributed by atoms with E-state index in [-0.39, 0.29) is 25.1 Å². The molecule has 1 N–H and O–H groups in total. The highest BCUT2D eigenvalue weighted by molar-refractivity contribution is 5.95. The summed E-state index contributed by atoms with van der Waals surface area (Å²) in [7, 11) is 0. The zero-order valence-corrected chi connectivity index (χ0v) is 11.8. The molecule has 0 saturated carbocycles. The molecule has 1 amide bonds. The standard InChI is InChI=1S/C14H16N2O3.ClH/c17-14(16-6-10-4-15-5-11(10)7-16)9-1-2-12-13(3-9)19-8-18-12;/h1-3,10-11,15H,4-8H2;1H/t10-,11+;. The number of ether oxygens (including phenoxy) is 2. The summed E-state index contributed by atoms with van der Waals surface area (Å²) >= 11 is 0. The number of hydrogen-bond donors (Lipinski definition) is 1. The van der Waals surface area contributed by atoms with E-state index in [4.69, 9.17) is 9.47 Å². The first-order valence-electron chi connectivity index (χ1n) is 6.71. The minimum Gasteiger partial charge on any atom is -0.454 e. The molecule has 3 aliphatic rings. The molecule has 0 radical (unpaired) electrons. The van der Waals surface area contributed by atoms with Crippen molar-refractivity contribution >= 4 is 18.3 Å². The van der Waals surface area contributed by atoms with Crippen molar-refractivity contribution in [2.24, 2.45) is 11.8 Å². The van der Waals surface area contributed by atoms with Gasteiger partial charge in [-0.1, -0.05) is 0 Å². The molecule has 0 unspecified atom stereocenters. The van der Waals surface area contributed by atoms with Gasteiger partial charge in [-0.15, -0.1) is 12.4 Å². The molecule has 2 saturated heterocycles. The fourth-order valence-corrected chi connectivity index (χ4v) is 3.23. The Morgan fingerprint density at radius 2 is 1.85 bits per heavy atom. The van der Waals surface area contributed by atoms with Crippen LogP contribution in [0, 0.1) is 11.8 Å². The summed E-state index contributed by atoms with van der Waals surface area (Å²) in [6, 6.07) is 5.42. The van der Waals surface area contributed by atoms with Crippen molar-refractivity contribution < 1.29 is 14.3 Å². The minimum absolute atomic E-state index is 0. The maximum atomic E-state index is 12.5. The quantitative estimate of drug-likeness (QED) is 0.844. The predicted octanol–water partition coefficient (Wildman–Crippen LogP) is 1.13. The van der Waals surface area contributed by atoms with Crippen LogP contribution in [0.2, 0.25) is 0 Å². The summed E-state index contributed by atoms with van der Waals surface area (Å²) in [6.07, 6.45) is 0. The Balaban J connectivity index is 0.00000121. The first-order chi connectivity index (χ1) is 9.31. The zero-order chi connectivity index (χ0) is 12.8. The number of nitrogens with zero attached hydrogens (tertiary/aromatic N) is 1. The summed E-state index contributed by atoms with van der Waals surface area (Å²) in [6.45, 7) is 4.05.